The van der Waals surface area contributed by atoms with Gasteiger partial charge in [-0.25, -0.2) is 4.39 Å². The Morgan fingerprint density at radius 2 is 2.22 bits per heavy atom. The summed E-state index contributed by atoms with van der Waals surface area (Å²) in [4.78, 5) is 11.8. The minimum Gasteiger partial charge on any atom is -0.458 e. The van der Waals surface area contributed by atoms with Gasteiger partial charge in [0.1, 0.15) is 5.82 Å². The zero-order valence-corrected chi connectivity index (χ0v) is 11.8. The van der Waals surface area contributed by atoms with Crippen LogP contribution in [0.2, 0.25) is 0 Å². The molecule has 1 N–H and O–H groups in total. The van der Waals surface area contributed by atoms with Crippen LogP contribution in [0, 0.1) is 16.5 Å². The molecule has 0 aliphatic rings. The smallest absolute Gasteiger partial charge is 0.255 e. The van der Waals surface area contributed by atoms with E-state index in [9.17, 15) is 9.18 Å². The van der Waals surface area contributed by atoms with Crippen LogP contribution >= 0.6 is 22.6 Å². The summed E-state index contributed by atoms with van der Waals surface area (Å²) in [5.41, 5.74) is 1.78. The summed E-state index contributed by atoms with van der Waals surface area (Å²) >= 11 is 1.93. The van der Waals surface area contributed by atoms with E-state index in [2.05, 4.69) is 5.32 Å². The van der Waals surface area contributed by atoms with Crippen LogP contribution in [0.25, 0.3) is 0 Å². The van der Waals surface area contributed by atoms with Crippen molar-refractivity contribution in [3.8, 4) is 0 Å². The summed E-state index contributed by atoms with van der Waals surface area (Å²) in [6.07, 6.45) is 1.45. The molecule has 3 nitrogen and oxygen atoms in total. The summed E-state index contributed by atoms with van der Waals surface area (Å²) in [6, 6.07) is 6.52. The van der Waals surface area contributed by atoms with Crippen LogP contribution < -0.4 is 5.32 Å². The second-order valence-electron chi connectivity index (χ2n) is 3.89. The highest BCUT2D eigenvalue weighted by molar-refractivity contribution is 14.1. The van der Waals surface area contributed by atoms with E-state index in [1.165, 1.54) is 12.3 Å². The van der Waals surface area contributed by atoms with Crippen LogP contribution in [0.15, 0.2) is 34.9 Å². The lowest BCUT2D eigenvalue weighted by atomic mass is 10.1. The molecule has 0 bridgehead atoms. The molecule has 1 heterocycles. The first-order chi connectivity index (χ1) is 8.58. The molecule has 0 fully saturated rings. The molecule has 0 saturated heterocycles. The number of rotatable bonds is 3. The molecule has 0 aliphatic heterocycles. The molecule has 18 heavy (non-hydrogen) atoms. The standard InChI is InChI=1S/C13H11FINO2/c1-8-2-3-9(11(14)6-8)7-16-13(17)10-4-5-18-12(10)15/h2-6H,7H2,1H3,(H,16,17). The van der Waals surface area contributed by atoms with Gasteiger partial charge in [-0.1, -0.05) is 12.1 Å². The van der Waals surface area contributed by atoms with Gasteiger partial charge in [0.15, 0.2) is 3.77 Å². The second-order valence-corrected chi connectivity index (χ2v) is 4.87. The first-order valence-corrected chi connectivity index (χ1v) is 6.42. The average Bonchev–Trinajstić information content (AvgIpc) is 2.74. The van der Waals surface area contributed by atoms with Gasteiger partial charge in [0.05, 0.1) is 11.8 Å². The van der Waals surface area contributed by atoms with Crippen molar-refractivity contribution in [1.82, 2.24) is 5.32 Å². The maximum atomic E-state index is 13.6. The van der Waals surface area contributed by atoms with Crippen molar-refractivity contribution in [3.63, 3.8) is 0 Å². The molecular formula is C13H11FINO2. The summed E-state index contributed by atoms with van der Waals surface area (Å²) in [7, 11) is 0. The van der Waals surface area contributed by atoms with Gasteiger partial charge in [0.25, 0.3) is 5.91 Å². The van der Waals surface area contributed by atoms with Crippen LogP contribution in [0.5, 0.6) is 0 Å². The van der Waals surface area contributed by atoms with Crippen molar-refractivity contribution in [2.24, 2.45) is 0 Å². The SMILES string of the molecule is Cc1ccc(CNC(=O)c2ccoc2I)c(F)c1. The molecule has 0 radical (unpaired) electrons. The number of furan rings is 1. The predicted octanol–water partition coefficient (Wildman–Crippen LogP) is 3.26. The van der Waals surface area contributed by atoms with Gasteiger partial charge >= 0.3 is 0 Å². The van der Waals surface area contributed by atoms with Crippen molar-refractivity contribution in [2.75, 3.05) is 0 Å². The minimum absolute atomic E-state index is 0.159. The summed E-state index contributed by atoms with van der Waals surface area (Å²) in [5, 5.41) is 2.66. The molecule has 1 amide bonds. The molecule has 1 aromatic carbocycles. The molecule has 1 aromatic heterocycles. The van der Waals surface area contributed by atoms with E-state index < -0.39 is 0 Å². The number of halogens is 2. The normalized spacial score (nSPS) is 10.4. The van der Waals surface area contributed by atoms with E-state index in [-0.39, 0.29) is 18.3 Å². The zero-order valence-electron chi connectivity index (χ0n) is 9.67. The average molecular weight is 359 g/mol. The molecule has 5 heteroatoms. The second kappa shape index (κ2) is 5.51. The number of carbonyl (C=O) groups is 1. The fourth-order valence-corrected chi connectivity index (χ4v) is 2.09. The molecule has 0 saturated carbocycles. The third-order valence-electron chi connectivity index (χ3n) is 2.51. The molecular weight excluding hydrogens is 348 g/mol. The maximum absolute atomic E-state index is 13.6. The van der Waals surface area contributed by atoms with E-state index in [0.717, 1.165) is 5.56 Å². The zero-order chi connectivity index (χ0) is 13.1. The summed E-state index contributed by atoms with van der Waals surface area (Å²) in [6.45, 7) is 1.98. The van der Waals surface area contributed by atoms with Crippen molar-refractivity contribution in [1.29, 1.82) is 0 Å². The highest BCUT2D eigenvalue weighted by Gasteiger charge is 2.12. The van der Waals surface area contributed by atoms with Crippen LogP contribution in [0.3, 0.4) is 0 Å². The molecule has 0 unspecified atom stereocenters. The van der Waals surface area contributed by atoms with E-state index in [1.807, 2.05) is 35.6 Å². The van der Waals surface area contributed by atoms with Crippen molar-refractivity contribution < 1.29 is 13.6 Å². The molecule has 94 valence electrons. The largest absolute Gasteiger partial charge is 0.458 e. The number of hydrogen-bond acceptors (Lipinski definition) is 2. The Kier molecular flexibility index (Phi) is 4.00. The topological polar surface area (TPSA) is 42.2 Å². The Morgan fingerprint density at radius 1 is 1.44 bits per heavy atom. The maximum Gasteiger partial charge on any atom is 0.255 e. The van der Waals surface area contributed by atoms with Gasteiger partial charge in [0, 0.05) is 34.7 Å². The van der Waals surface area contributed by atoms with E-state index >= 15 is 0 Å². The van der Waals surface area contributed by atoms with Gasteiger partial charge in [0.2, 0.25) is 0 Å². The number of benzene rings is 1. The Labute approximate surface area is 118 Å². The fraction of sp³-hybridized carbons (Fsp3) is 0.154. The van der Waals surface area contributed by atoms with Crippen molar-refractivity contribution in [2.45, 2.75) is 13.5 Å². The molecule has 0 spiro atoms. The van der Waals surface area contributed by atoms with E-state index in [0.29, 0.717) is 14.9 Å². The number of nitrogens with one attached hydrogen (secondary N) is 1. The van der Waals surface area contributed by atoms with Gasteiger partial charge in [-0.05, 0) is 24.6 Å². The lowest BCUT2D eigenvalue weighted by molar-refractivity contribution is 0.0948. The highest BCUT2D eigenvalue weighted by Crippen LogP contribution is 2.14. The van der Waals surface area contributed by atoms with Crippen LogP contribution in [-0.2, 0) is 6.54 Å². The highest BCUT2D eigenvalue weighted by atomic mass is 127. The monoisotopic (exact) mass is 359 g/mol. The fourth-order valence-electron chi connectivity index (χ4n) is 1.52. The first-order valence-electron chi connectivity index (χ1n) is 5.34. The van der Waals surface area contributed by atoms with Gasteiger partial charge < -0.3 is 9.73 Å². The van der Waals surface area contributed by atoms with Gasteiger partial charge in [-0.3, -0.25) is 4.79 Å². The van der Waals surface area contributed by atoms with Crippen LogP contribution in [0.1, 0.15) is 21.5 Å². The summed E-state index contributed by atoms with van der Waals surface area (Å²) in [5.74, 6) is -0.578. The molecule has 0 aliphatic carbocycles. The molecule has 2 rings (SSSR count). The number of hydrogen-bond donors (Lipinski definition) is 1. The number of carbonyl (C=O) groups excluding carboxylic acids is 1. The lowest BCUT2D eigenvalue weighted by Crippen LogP contribution is -2.23. The van der Waals surface area contributed by atoms with Crippen LogP contribution in [-0.4, -0.2) is 5.91 Å². The number of aryl methyl sites for hydroxylation is 1. The van der Waals surface area contributed by atoms with Crippen molar-refractivity contribution in [3.05, 3.63) is 56.8 Å². The molecule has 0 atom stereocenters. The quantitative estimate of drug-likeness (QED) is 0.855. The number of amides is 1. The van der Waals surface area contributed by atoms with Gasteiger partial charge in [-0.2, -0.15) is 0 Å². The van der Waals surface area contributed by atoms with E-state index in [4.69, 9.17) is 4.42 Å². The van der Waals surface area contributed by atoms with E-state index in [1.54, 1.807) is 12.1 Å². The predicted molar refractivity (Wildman–Crippen MR) is 73.7 cm³/mol. The Morgan fingerprint density at radius 3 is 2.83 bits per heavy atom. The Hall–Kier alpha value is -1.37. The molecule has 2 aromatic rings. The van der Waals surface area contributed by atoms with Gasteiger partial charge in [-0.15, -0.1) is 0 Å². The van der Waals surface area contributed by atoms with Crippen LogP contribution in [0.4, 0.5) is 4.39 Å². The Bertz CT molecular complexity index is 580. The third-order valence-corrected chi connectivity index (χ3v) is 3.35. The third kappa shape index (κ3) is 2.90. The minimum atomic E-state index is -0.308. The Balaban J connectivity index is 2.04. The summed E-state index contributed by atoms with van der Waals surface area (Å²) < 4.78 is 19.1. The lowest BCUT2D eigenvalue weighted by Gasteiger charge is -2.06. The van der Waals surface area contributed by atoms with Crippen molar-refractivity contribution >= 4 is 28.5 Å². The first kappa shape index (κ1) is 13.1.